The lowest BCUT2D eigenvalue weighted by molar-refractivity contribution is -0.135. The molecule has 180 valence electrons. The summed E-state index contributed by atoms with van der Waals surface area (Å²) in [6, 6.07) is 1.24. The van der Waals surface area contributed by atoms with Crippen molar-refractivity contribution in [2.75, 3.05) is 5.73 Å². The fourth-order valence-corrected chi connectivity index (χ4v) is 5.95. The number of nitrogens with zero attached hydrogens (tertiary/aromatic N) is 2. The lowest BCUT2D eigenvalue weighted by Crippen LogP contribution is -2.45. The summed E-state index contributed by atoms with van der Waals surface area (Å²) in [5, 5.41) is 10.4. The molecule has 6 atom stereocenters. The lowest BCUT2D eigenvalue weighted by Gasteiger charge is -2.30. The molecule has 17 nitrogen and oxygen atoms in total. The van der Waals surface area contributed by atoms with Gasteiger partial charge in [-0.3, -0.25) is 9.09 Å². The molecule has 0 spiro atoms. The van der Waals surface area contributed by atoms with E-state index < -0.39 is 53.3 Å². The Morgan fingerprint density at radius 2 is 1.94 bits per heavy atom. The summed E-state index contributed by atoms with van der Waals surface area (Å²) in [5.41, 5.74) is 8.42. The van der Waals surface area contributed by atoms with Crippen LogP contribution in [0.2, 0.25) is 0 Å². The van der Waals surface area contributed by atoms with E-state index in [1.807, 2.05) is 0 Å². The van der Waals surface area contributed by atoms with E-state index in [0.717, 1.165) is 4.57 Å². The van der Waals surface area contributed by atoms with Gasteiger partial charge in [0, 0.05) is 12.6 Å². The summed E-state index contributed by atoms with van der Waals surface area (Å²) in [7, 11) is -17.0. The van der Waals surface area contributed by atoms with Crippen molar-refractivity contribution in [1.29, 1.82) is 0 Å². The van der Waals surface area contributed by atoms with Crippen LogP contribution in [0.3, 0.4) is 0 Å². The third kappa shape index (κ3) is 6.77. The van der Waals surface area contributed by atoms with Gasteiger partial charge in [-0.25, -0.2) is 18.5 Å². The number of aromatic nitrogens is 2. The van der Waals surface area contributed by atoms with E-state index in [9.17, 15) is 33.4 Å². The summed E-state index contributed by atoms with van der Waals surface area (Å²) < 4.78 is 52.1. The minimum absolute atomic E-state index is 0.110. The van der Waals surface area contributed by atoms with Crippen LogP contribution in [0.25, 0.3) is 0 Å². The molecule has 0 saturated carbocycles. The molecule has 0 aromatic carbocycles. The third-order valence-corrected chi connectivity index (χ3v) is 7.74. The zero-order valence-corrected chi connectivity index (χ0v) is 18.5. The molecule has 0 radical (unpaired) electrons. The van der Waals surface area contributed by atoms with Crippen molar-refractivity contribution in [3.63, 3.8) is 0 Å². The van der Waals surface area contributed by atoms with Gasteiger partial charge >= 0.3 is 29.2 Å². The molecular formula is C12H19N4O13P3. The molecular weight excluding hydrogens is 501 g/mol. The number of nitrogens with two attached hydrogens (primary N) is 2. The largest absolute Gasteiger partial charge is 0.490 e. The first-order chi connectivity index (χ1) is 14.5. The lowest BCUT2D eigenvalue weighted by atomic mass is 10.0. The second kappa shape index (κ2) is 9.41. The number of hydrogen-bond donors (Lipinski definition) is 7. The maximum atomic E-state index is 12.2. The van der Waals surface area contributed by atoms with Crippen LogP contribution in [0.15, 0.2) is 17.1 Å². The van der Waals surface area contributed by atoms with E-state index >= 15 is 0 Å². The molecule has 0 amide bonds. The highest BCUT2D eigenvalue weighted by Crippen LogP contribution is 2.66. The van der Waals surface area contributed by atoms with Gasteiger partial charge in [0.1, 0.15) is 18.1 Å². The van der Waals surface area contributed by atoms with E-state index in [1.165, 1.54) is 12.3 Å². The number of nitrogen functional groups attached to an aromatic ring is 1. The van der Waals surface area contributed by atoms with Crippen molar-refractivity contribution in [2.24, 2.45) is 5.73 Å². The number of anilines is 1. The molecule has 1 aliphatic rings. The van der Waals surface area contributed by atoms with Crippen molar-refractivity contribution in [2.45, 2.75) is 37.0 Å². The Labute approximate surface area is 179 Å². The average molecular weight is 520 g/mol. The number of phosphoric ester groups is 1. The second-order valence-corrected chi connectivity index (χ2v) is 10.7. The van der Waals surface area contributed by atoms with Crippen molar-refractivity contribution in [3.05, 3.63) is 22.7 Å². The molecule has 0 aliphatic carbocycles. The first kappa shape index (κ1) is 26.8. The van der Waals surface area contributed by atoms with Crippen molar-refractivity contribution < 1.29 is 56.3 Å². The Kier molecular flexibility index (Phi) is 7.88. The van der Waals surface area contributed by atoms with Crippen LogP contribution in [0.5, 0.6) is 0 Å². The van der Waals surface area contributed by atoms with Crippen LogP contribution < -0.4 is 17.2 Å². The Morgan fingerprint density at radius 1 is 1.31 bits per heavy atom. The zero-order chi connectivity index (χ0) is 24.5. The van der Waals surface area contributed by atoms with Gasteiger partial charge in [0.15, 0.2) is 5.72 Å². The topological polar surface area (TPSA) is 276 Å². The Hall–Kier alpha value is -1.47. The number of hydrogen-bond acceptors (Lipinski definition) is 12. The monoisotopic (exact) mass is 520 g/mol. The predicted molar refractivity (Wildman–Crippen MR) is 103 cm³/mol. The number of rotatable bonds is 9. The minimum atomic E-state index is -5.79. The van der Waals surface area contributed by atoms with Crippen LogP contribution in [-0.4, -0.2) is 52.7 Å². The maximum Gasteiger partial charge on any atom is 0.490 e. The van der Waals surface area contributed by atoms with Gasteiger partial charge in [-0.05, 0) is 6.07 Å². The molecule has 9 N–H and O–H groups in total. The van der Waals surface area contributed by atoms with Crippen LogP contribution in [-0.2, 0) is 37.3 Å². The van der Waals surface area contributed by atoms with Gasteiger partial charge in [-0.1, -0.05) is 0 Å². The molecule has 2 rings (SSSR count). The van der Waals surface area contributed by atoms with E-state index in [4.69, 9.17) is 32.4 Å². The molecule has 2 heterocycles. The molecule has 1 aliphatic heterocycles. The highest BCUT2D eigenvalue weighted by molar-refractivity contribution is 7.66. The standard InChI is InChI=1S/C12H19N4O13P3/c1-2-4-12(16-5-3-8(13)15-11(16)18)6-7(17)9(26-12)10(14)27-31(22,23)29-32(24,25)28-30(19,20)21/h1,3,5,7,9-10,17H,4,6,14H2,(H,22,23)(H,24,25)(H2,13,15,18)(H2,19,20,21)/t7-,9-,10?,12+/m0/s1. The van der Waals surface area contributed by atoms with E-state index in [0.29, 0.717) is 0 Å². The van der Waals surface area contributed by atoms with Crippen molar-refractivity contribution in [3.8, 4) is 12.3 Å². The van der Waals surface area contributed by atoms with E-state index in [-0.39, 0.29) is 18.7 Å². The Morgan fingerprint density at radius 3 is 2.47 bits per heavy atom. The zero-order valence-electron chi connectivity index (χ0n) is 15.8. The van der Waals surface area contributed by atoms with Gasteiger partial charge in [0.25, 0.3) is 0 Å². The summed E-state index contributed by atoms with van der Waals surface area (Å²) in [6.07, 6.45) is 0.630. The molecule has 32 heavy (non-hydrogen) atoms. The first-order valence-corrected chi connectivity index (χ1v) is 12.7. The van der Waals surface area contributed by atoms with Gasteiger partial charge in [0.05, 0.1) is 12.5 Å². The van der Waals surface area contributed by atoms with E-state index in [2.05, 4.69) is 24.0 Å². The Bertz CT molecular complexity index is 1100. The minimum Gasteiger partial charge on any atom is -0.390 e. The quantitative estimate of drug-likeness (QED) is 0.108. The molecule has 1 fully saturated rings. The molecule has 1 aromatic heterocycles. The van der Waals surface area contributed by atoms with Gasteiger partial charge in [-0.15, -0.1) is 12.3 Å². The SMILES string of the molecule is C#CC[C@]1(n2ccc(N)nc2=O)C[C@H](O)[C@@H](C(N)OP(=O)(O)OP(=O)(O)OP(=O)(O)O)O1. The molecule has 1 saturated heterocycles. The normalized spacial score (nSPS) is 28.4. The highest BCUT2D eigenvalue weighted by Gasteiger charge is 2.52. The first-order valence-electron chi connectivity index (χ1n) is 8.22. The van der Waals surface area contributed by atoms with Crippen LogP contribution >= 0.6 is 23.5 Å². The number of aliphatic hydroxyl groups is 1. The van der Waals surface area contributed by atoms with Crippen LogP contribution in [0.4, 0.5) is 5.82 Å². The number of aliphatic hydroxyl groups excluding tert-OH is 1. The number of phosphoric acid groups is 3. The molecule has 1 aromatic rings. The van der Waals surface area contributed by atoms with Gasteiger partial charge in [-0.2, -0.15) is 13.6 Å². The Balaban J connectivity index is 2.24. The van der Waals surface area contributed by atoms with E-state index in [1.54, 1.807) is 0 Å². The summed E-state index contributed by atoms with van der Waals surface area (Å²) >= 11 is 0. The van der Waals surface area contributed by atoms with Crippen molar-refractivity contribution in [1.82, 2.24) is 9.55 Å². The number of ether oxygens (including phenoxy) is 1. The molecule has 20 heteroatoms. The average Bonchev–Trinajstić information content (AvgIpc) is 2.88. The molecule has 0 bridgehead atoms. The highest BCUT2D eigenvalue weighted by atomic mass is 31.3. The summed E-state index contributed by atoms with van der Waals surface area (Å²) in [6.45, 7) is 0. The number of terminal acetylenes is 1. The summed E-state index contributed by atoms with van der Waals surface area (Å²) in [5.74, 6) is 2.14. The predicted octanol–water partition coefficient (Wildman–Crippen LogP) is -1.72. The van der Waals surface area contributed by atoms with Crippen LogP contribution in [0, 0.1) is 12.3 Å². The van der Waals surface area contributed by atoms with Crippen molar-refractivity contribution >= 4 is 29.3 Å². The van der Waals surface area contributed by atoms with Crippen LogP contribution in [0.1, 0.15) is 12.8 Å². The smallest absolute Gasteiger partial charge is 0.390 e. The fraction of sp³-hybridized carbons (Fsp3) is 0.500. The van der Waals surface area contributed by atoms with Gasteiger partial charge < -0.3 is 40.9 Å². The maximum absolute atomic E-state index is 12.2. The van der Waals surface area contributed by atoms with Gasteiger partial charge in [0.2, 0.25) is 0 Å². The molecule has 3 unspecified atom stereocenters. The third-order valence-electron chi connectivity index (χ3n) is 3.90. The second-order valence-electron chi connectivity index (χ2n) is 6.35. The summed E-state index contributed by atoms with van der Waals surface area (Å²) in [4.78, 5) is 51.6. The fourth-order valence-electron chi connectivity index (χ4n) is 2.86.